The second-order valence-electron chi connectivity index (χ2n) is 9.96. The van der Waals surface area contributed by atoms with Gasteiger partial charge in [-0.15, -0.1) is 0 Å². The fourth-order valence-electron chi connectivity index (χ4n) is 5.58. The van der Waals surface area contributed by atoms with Crippen molar-refractivity contribution in [3.63, 3.8) is 0 Å². The molecule has 3 aliphatic carbocycles. The first-order valence-corrected chi connectivity index (χ1v) is 12.4. The summed E-state index contributed by atoms with van der Waals surface area (Å²) in [5.41, 5.74) is -0.645. The minimum atomic E-state index is -0.847. The molecular formula is C26H27ClF2N2O5. The van der Waals surface area contributed by atoms with Crippen molar-refractivity contribution in [2.75, 3.05) is 6.61 Å². The number of aliphatic hydroxyl groups excluding tert-OH is 1. The highest BCUT2D eigenvalue weighted by Gasteiger charge is 2.55. The molecule has 192 valence electrons. The molecule has 0 aromatic heterocycles. The molecule has 3 saturated carbocycles. The number of rotatable bonds is 6. The molecule has 0 spiro atoms. The van der Waals surface area contributed by atoms with E-state index in [2.05, 4.69) is 10.6 Å². The van der Waals surface area contributed by atoms with Crippen molar-refractivity contribution in [3.8, 4) is 11.5 Å². The van der Waals surface area contributed by atoms with E-state index in [-0.39, 0.29) is 35.0 Å². The quantitative estimate of drug-likeness (QED) is 0.542. The molecule has 3 N–H and O–H groups in total. The third-order valence-electron chi connectivity index (χ3n) is 7.62. The first kappa shape index (κ1) is 24.8. The van der Waals surface area contributed by atoms with Crippen molar-refractivity contribution in [2.24, 2.45) is 0 Å². The Hall–Kier alpha value is -2.91. The van der Waals surface area contributed by atoms with Crippen LogP contribution in [0, 0.1) is 11.6 Å². The summed E-state index contributed by atoms with van der Waals surface area (Å²) in [6, 6.07) is 8.20. The van der Waals surface area contributed by atoms with Crippen LogP contribution >= 0.6 is 11.6 Å². The number of hydrogen-bond donors (Lipinski definition) is 3. The van der Waals surface area contributed by atoms with E-state index in [1.54, 1.807) is 0 Å². The maximum Gasteiger partial charge on any atom is 0.261 e. The van der Waals surface area contributed by atoms with Gasteiger partial charge in [-0.3, -0.25) is 9.59 Å². The Balaban J connectivity index is 1.16. The lowest BCUT2D eigenvalue weighted by molar-refractivity contribution is -0.140. The first-order valence-electron chi connectivity index (χ1n) is 12.0. The number of amides is 2. The number of nitrogens with one attached hydrogen (secondary N) is 2. The molecule has 0 unspecified atom stereocenters. The molecule has 7 nitrogen and oxygen atoms in total. The second kappa shape index (κ2) is 9.52. The first-order chi connectivity index (χ1) is 17.2. The van der Waals surface area contributed by atoms with Gasteiger partial charge in [0.25, 0.3) is 11.8 Å². The van der Waals surface area contributed by atoms with Crippen LogP contribution in [0.5, 0.6) is 11.5 Å². The van der Waals surface area contributed by atoms with Gasteiger partial charge in [0.15, 0.2) is 12.7 Å². The number of hydrogen-bond acceptors (Lipinski definition) is 5. The third-order valence-corrected chi connectivity index (χ3v) is 7.93. The summed E-state index contributed by atoms with van der Waals surface area (Å²) in [6.07, 6.45) is 1.84. The Labute approximate surface area is 212 Å². The molecule has 2 aromatic carbocycles. The number of carbonyl (C=O) groups is 2. The number of benzene rings is 2. The van der Waals surface area contributed by atoms with Crippen molar-refractivity contribution in [2.45, 2.75) is 68.2 Å². The van der Waals surface area contributed by atoms with Gasteiger partial charge < -0.3 is 25.2 Å². The largest absolute Gasteiger partial charge is 0.484 e. The number of carbonyl (C=O) groups excluding carboxylic acids is 2. The van der Waals surface area contributed by atoms with Gasteiger partial charge in [-0.05, 0) is 80.8 Å². The zero-order valence-corrected chi connectivity index (χ0v) is 20.2. The maximum absolute atomic E-state index is 13.6. The lowest BCUT2D eigenvalue weighted by atomic mass is 9.59. The lowest BCUT2D eigenvalue weighted by Gasteiger charge is -2.56. The van der Waals surface area contributed by atoms with Crippen molar-refractivity contribution in [3.05, 3.63) is 58.6 Å². The van der Waals surface area contributed by atoms with Gasteiger partial charge in [0.05, 0.1) is 16.7 Å². The minimum absolute atomic E-state index is 0.0325. The van der Waals surface area contributed by atoms with E-state index in [0.29, 0.717) is 50.7 Å². The zero-order chi connectivity index (χ0) is 25.5. The summed E-state index contributed by atoms with van der Waals surface area (Å²) in [6.45, 7) is -0.300. The van der Waals surface area contributed by atoms with Crippen molar-refractivity contribution >= 4 is 23.4 Å². The molecule has 2 bridgehead atoms. The molecular weight excluding hydrogens is 494 g/mol. The second-order valence-corrected chi connectivity index (χ2v) is 10.4. The Morgan fingerprint density at radius 3 is 2.61 bits per heavy atom. The summed E-state index contributed by atoms with van der Waals surface area (Å²) in [7, 11) is 0. The minimum Gasteiger partial charge on any atom is -0.484 e. The SMILES string of the molecule is O=C(COc1ccc(Cl)c(F)c1)NC12CCC(NC(=O)[C@H]3CCc4cc(F)ccc4O3)(CC1)[C@H](O)C2. The highest BCUT2D eigenvalue weighted by Crippen LogP contribution is 2.47. The summed E-state index contributed by atoms with van der Waals surface area (Å²) < 4.78 is 38.2. The smallest absolute Gasteiger partial charge is 0.261 e. The van der Waals surface area contributed by atoms with Gasteiger partial charge in [0.2, 0.25) is 0 Å². The Morgan fingerprint density at radius 2 is 1.89 bits per heavy atom. The molecule has 10 heteroatoms. The summed E-state index contributed by atoms with van der Waals surface area (Å²) in [5, 5.41) is 17.0. The number of aliphatic hydroxyl groups is 1. The van der Waals surface area contributed by atoms with E-state index in [1.807, 2.05) is 0 Å². The Kier molecular flexibility index (Phi) is 6.55. The molecule has 0 saturated heterocycles. The highest BCUT2D eigenvalue weighted by atomic mass is 35.5. The normalized spacial score (nSPS) is 28.6. The van der Waals surface area contributed by atoms with Crippen LogP contribution in [-0.2, 0) is 16.0 Å². The molecule has 4 aliphatic rings. The fraction of sp³-hybridized carbons (Fsp3) is 0.462. The van der Waals surface area contributed by atoms with Crippen LogP contribution in [0.15, 0.2) is 36.4 Å². The van der Waals surface area contributed by atoms with Crippen molar-refractivity contribution in [1.82, 2.24) is 10.6 Å². The molecule has 6 rings (SSSR count). The Morgan fingerprint density at radius 1 is 1.11 bits per heavy atom. The summed E-state index contributed by atoms with van der Waals surface area (Å²) in [4.78, 5) is 25.6. The van der Waals surface area contributed by atoms with Crippen LogP contribution in [-0.4, -0.2) is 46.8 Å². The predicted molar refractivity (Wildman–Crippen MR) is 127 cm³/mol. The number of fused-ring (bicyclic) bond motifs is 4. The third kappa shape index (κ3) is 4.86. The van der Waals surface area contributed by atoms with Gasteiger partial charge in [0, 0.05) is 11.6 Å². The van der Waals surface area contributed by atoms with E-state index < -0.39 is 29.1 Å². The average Bonchev–Trinajstić information content (AvgIpc) is 2.85. The van der Waals surface area contributed by atoms with E-state index in [4.69, 9.17) is 21.1 Å². The van der Waals surface area contributed by atoms with Gasteiger partial charge >= 0.3 is 0 Å². The van der Waals surface area contributed by atoms with Crippen LogP contribution in [0.1, 0.15) is 44.1 Å². The number of ether oxygens (including phenoxy) is 2. The number of aryl methyl sites for hydroxylation is 1. The Bertz CT molecular complexity index is 1180. The van der Waals surface area contributed by atoms with Crippen LogP contribution < -0.4 is 20.1 Å². The predicted octanol–water partition coefficient (Wildman–Crippen LogP) is 3.44. The number of halogens is 3. The molecule has 3 fully saturated rings. The van der Waals surface area contributed by atoms with E-state index in [9.17, 15) is 23.5 Å². The summed E-state index contributed by atoms with van der Waals surface area (Å²) >= 11 is 5.66. The summed E-state index contributed by atoms with van der Waals surface area (Å²) in [5.74, 6) is -0.957. The fourth-order valence-corrected chi connectivity index (χ4v) is 5.69. The van der Waals surface area contributed by atoms with Crippen molar-refractivity contribution < 1.29 is 33.0 Å². The maximum atomic E-state index is 13.6. The topological polar surface area (TPSA) is 96.9 Å². The standard InChI is InChI=1S/C26H27ClF2N2O5/c27-18-4-3-17(12-19(18)29)35-14-23(33)30-25-7-9-26(10-8-25,22(32)13-25)31-24(34)21-5-1-15-11-16(28)2-6-20(15)36-21/h2-4,6,11-12,21-22,32H,1,5,7-10,13-14H2,(H,30,33)(H,31,34)/t21-,22-,25?,26?/m1/s1. The van der Waals surface area contributed by atoms with Crippen LogP contribution in [0.3, 0.4) is 0 Å². The average molecular weight is 521 g/mol. The monoisotopic (exact) mass is 520 g/mol. The van der Waals surface area contributed by atoms with Gasteiger partial charge in [-0.25, -0.2) is 8.78 Å². The van der Waals surface area contributed by atoms with E-state index >= 15 is 0 Å². The van der Waals surface area contributed by atoms with Crippen molar-refractivity contribution in [1.29, 1.82) is 0 Å². The van der Waals surface area contributed by atoms with Gasteiger partial charge in [-0.2, -0.15) is 0 Å². The van der Waals surface area contributed by atoms with E-state index in [0.717, 1.165) is 11.6 Å². The molecule has 2 amide bonds. The van der Waals surface area contributed by atoms with Gasteiger partial charge in [0.1, 0.15) is 23.1 Å². The molecule has 1 aliphatic heterocycles. The molecule has 36 heavy (non-hydrogen) atoms. The molecule has 2 atom stereocenters. The van der Waals surface area contributed by atoms with Crippen LogP contribution in [0.2, 0.25) is 5.02 Å². The molecule has 1 heterocycles. The zero-order valence-electron chi connectivity index (χ0n) is 19.5. The molecule has 2 aromatic rings. The highest BCUT2D eigenvalue weighted by molar-refractivity contribution is 6.30. The van der Waals surface area contributed by atoms with Crippen LogP contribution in [0.4, 0.5) is 8.78 Å². The lowest BCUT2D eigenvalue weighted by Crippen LogP contribution is -2.71. The molecule has 0 radical (unpaired) electrons. The van der Waals surface area contributed by atoms with E-state index in [1.165, 1.54) is 30.3 Å². The van der Waals surface area contributed by atoms with Gasteiger partial charge in [-0.1, -0.05) is 11.6 Å². The van der Waals surface area contributed by atoms with Crippen LogP contribution in [0.25, 0.3) is 0 Å².